The van der Waals surface area contributed by atoms with Crippen LogP contribution in [-0.4, -0.2) is 11.9 Å². The van der Waals surface area contributed by atoms with Gasteiger partial charge in [0.1, 0.15) is 17.3 Å². The topological polar surface area (TPSA) is 59.6 Å². The van der Waals surface area contributed by atoms with Gasteiger partial charge in [-0.1, -0.05) is 48.5 Å². The van der Waals surface area contributed by atoms with Crippen LogP contribution in [0.4, 0.5) is 5.69 Å². The van der Waals surface area contributed by atoms with Crippen LogP contribution < -0.4 is 15.8 Å². The van der Waals surface area contributed by atoms with Crippen molar-refractivity contribution in [3.8, 4) is 5.75 Å². The third-order valence-corrected chi connectivity index (χ3v) is 4.52. The molecule has 4 rings (SSSR count). The van der Waals surface area contributed by atoms with Crippen LogP contribution in [0.3, 0.4) is 0 Å². The van der Waals surface area contributed by atoms with Crippen LogP contribution in [0.15, 0.2) is 65.7 Å². The molecule has 1 heterocycles. The third kappa shape index (κ3) is 4.53. The molecule has 3 aromatic carbocycles. The molecular weight excluding hydrogens is 381 g/mol. The second-order valence-electron chi connectivity index (χ2n) is 6.34. The summed E-state index contributed by atoms with van der Waals surface area (Å²) < 4.78 is 5.74. The zero-order valence-electron chi connectivity index (χ0n) is 15.0. The van der Waals surface area contributed by atoms with Gasteiger partial charge in [0.25, 0.3) is 0 Å². The van der Waals surface area contributed by atoms with Gasteiger partial charge >= 0.3 is 0 Å². The van der Waals surface area contributed by atoms with Crippen molar-refractivity contribution in [3.63, 3.8) is 0 Å². The quantitative estimate of drug-likeness (QED) is 0.660. The first-order valence-corrected chi connectivity index (χ1v) is 8.52. The highest BCUT2D eigenvalue weighted by molar-refractivity contribution is 5.89. The van der Waals surface area contributed by atoms with E-state index in [4.69, 9.17) is 10.5 Å². The smallest absolute Gasteiger partial charge is 0.153 e. The molecule has 0 radical (unpaired) electrons. The average Bonchev–Trinajstić information content (AvgIpc) is 2.63. The van der Waals surface area contributed by atoms with Crippen molar-refractivity contribution in [2.45, 2.75) is 26.1 Å². The van der Waals surface area contributed by atoms with Crippen LogP contribution in [0.25, 0.3) is 10.8 Å². The van der Waals surface area contributed by atoms with Crippen LogP contribution in [0.5, 0.6) is 5.75 Å². The van der Waals surface area contributed by atoms with Gasteiger partial charge in [-0.2, -0.15) is 0 Å². The lowest BCUT2D eigenvalue weighted by atomic mass is 10.0. The largest absolute Gasteiger partial charge is 0.481 e. The number of aliphatic imine (C=N–C) groups is 1. The summed E-state index contributed by atoms with van der Waals surface area (Å²) in [5.41, 5.74) is 9.15. The van der Waals surface area contributed by atoms with Crippen molar-refractivity contribution in [1.29, 1.82) is 0 Å². The molecule has 0 bridgehead atoms. The molecule has 1 aliphatic heterocycles. The van der Waals surface area contributed by atoms with E-state index >= 15 is 0 Å². The van der Waals surface area contributed by atoms with Crippen LogP contribution in [0.2, 0.25) is 0 Å². The standard InChI is InChI=1S/C21H21N3O.2ClH/c1-14-21(22)24-19-11-15(9-10-20(19)25-14)12-23-13-17-7-4-6-16-5-2-3-8-18(16)17;;/h2-11,14,23H,12-13H2,1H3,(H2,22,24);2*1H. The summed E-state index contributed by atoms with van der Waals surface area (Å²) in [5, 5.41) is 6.08. The number of benzene rings is 3. The molecule has 27 heavy (non-hydrogen) atoms. The molecule has 3 aromatic rings. The van der Waals surface area contributed by atoms with E-state index in [9.17, 15) is 0 Å². The highest BCUT2D eigenvalue weighted by Crippen LogP contribution is 2.32. The SMILES string of the molecule is CC1Oc2ccc(CNCc3cccc4ccccc34)cc2N=C1N.Cl.Cl. The Hall–Kier alpha value is -2.27. The maximum Gasteiger partial charge on any atom is 0.153 e. The lowest BCUT2D eigenvalue weighted by Gasteiger charge is -2.21. The number of nitrogens with two attached hydrogens (primary N) is 1. The molecule has 0 saturated heterocycles. The fraction of sp³-hybridized carbons (Fsp3) is 0.190. The number of nitrogens with one attached hydrogen (secondary N) is 1. The van der Waals surface area contributed by atoms with Gasteiger partial charge in [0.15, 0.2) is 6.10 Å². The molecule has 142 valence electrons. The van der Waals surface area contributed by atoms with E-state index in [1.807, 2.05) is 19.1 Å². The average molecular weight is 404 g/mol. The first kappa shape index (κ1) is 21.0. The van der Waals surface area contributed by atoms with E-state index < -0.39 is 0 Å². The second-order valence-corrected chi connectivity index (χ2v) is 6.34. The monoisotopic (exact) mass is 403 g/mol. The van der Waals surface area contributed by atoms with Gasteiger partial charge in [-0.3, -0.25) is 0 Å². The lowest BCUT2D eigenvalue weighted by molar-refractivity contribution is 0.281. The fourth-order valence-electron chi connectivity index (χ4n) is 3.13. The van der Waals surface area contributed by atoms with Crippen molar-refractivity contribution < 1.29 is 4.74 Å². The Bertz CT molecular complexity index is 954. The van der Waals surface area contributed by atoms with E-state index in [0.29, 0.717) is 5.84 Å². The Morgan fingerprint density at radius 1 is 1.00 bits per heavy atom. The van der Waals surface area contributed by atoms with Gasteiger partial charge in [-0.25, -0.2) is 4.99 Å². The summed E-state index contributed by atoms with van der Waals surface area (Å²) >= 11 is 0. The molecule has 1 atom stereocenters. The number of rotatable bonds is 4. The molecule has 0 spiro atoms. The molecular formula is C21H23Cl2N3O. The number of hydrogen-bond donors (Lipinski definition) is 2. The number of halogens is 2. The van der Waals surface area contributed by atoms with Gasteiger partial charge in [0.2, 0.25) is 0 Å². The molecule has 0 aliphatic carbocycles. The zero-order chi connectivity index (χ0) is 17.2. The van der Waals surface area contributed by atoms with Crippen LogP contribution in [-0.2, 0) is 13.1 Å². The van der Waals surface area contributed by atoms with Gasteiger partial charge in [-0.05, 0) is 41.0 Å². The molecule has 0 fully saturated rings. The first-order chi connectivity index (χ1) is 12.2. The summed E-state index contributed by atoms with van der Waals surface area (Å²) in [6, 6.07) is 21.0. The minimum Gasteiger partial charge on any atom is -0.481 e. The molecule has 0 amide bonds. The number of fused-ring (bicyclic) bond motifs is 2. The molecule has 3 N–H and O–H groups in total. The molecule has 1 unspecified atom stereocenters. The van der Waals surface area contributed by atoms with E-state index in [0.717, 1.165) is 30.1 Å². The molecule has 6 heteroatoms. The number of ether oxygens (including phenoxy) is 1. The zero-order valence-corrected chi connectivity index (χ0v) is 16.6. The minimum absolute atomic E-state index is 0. The highest BCUT2D eigenvalue weighted by Gasteiger charge is 2.18. The van der Waals surface area contributed by atoms with Crippen molar-refractivity contribution in [2.24, 2.45) is 10.7 Å². The van der Waals surface area contributed by atoms with Gasteiger partial charge in [0.05, 0.1) is 0 Å². The Labute approximate surface area is 171 Å². The lowest BCUT2D eigenvalue weighted by Crippen LogP contribution is -2.33. The molecule has 0 aromatic heterocycles. The normalized spacial score (nSPS) is 15.0. The Morgan fingerprint density at radius 3 is 2.63 bits per heavy atom. The van der Waals surface area contributed by atoms with Crippen molar-refractivity contribution in [1.82, 2.24) is 5.32 Å². The number of nitrogens with zero attached hydrogens (tertiary/aromatic N) is 1. The summed E-state index contributed by atoms with van der Waals surface area (Å²) in [6.45, 7) is 3.49. The van der Waals surface area contributed by atoms with Gasteiger partial charge < -0.3 is 15.8 Å². The summed E-state index contributed by atoms with van der Waals surface area (Å²) in [5.74, 6) is 1.31. The summed E-state index contributed by atoms with van der Waals surface area (Å²) in [7, 11) is 0. The van der Waals surface area contributed by atoms with E-state index in [1.165, 1.54) is 16.3 Å². The summed E-state index contributed by atoms with van der Waals surface area (Å²) in [6.07, 6.45) is -0.164. The molecule has 0 saturated carbocycles. The third-order valence-electron chi connectivity index (χ3n) is 4.52. The van der Waals surface area contributed by atoms with Gasteiger partial charge in [-0.15, -0.1) is 24.8 Å². The Kier molecular flexibility index (Phi) is 7.08. The fourth-order valence-corrected chi connectivity index (χ4v) is 3.13. The van der Waals surface area contributed by atoms with Crippen LogP contribution in [0.1, 0.15) is 18.1 Å². The van der Waals surface area contributed by atoms with Crippen LogP contribution in [0, 0.1) is 0 Å². The maximum atomic E-state index is 5.88. The van der Waals surface area contributed by atoms with Crippen molar-refractivity contribution in [3.05, 3.63) is 71.8 Å². The first-order valence-electron chi connectivity index (χ1n) is 8.52. The van der Waals surface area contributed by atoms with Gasteiger partial charge in [0, 0.05) is 13.1 Å². The van der Waals surface area contributed by atoms with E-state index in [-0.39, 0.29) is 30.9 Å². The van der Waals surface area contributed by atoms with Crippen molar-refractivity contribution >= 4 is 47.1 Å². The van der Waals surface area contributed by atoms with Crippen molar-refractivity contribution in [2.75, 3.05) is 0 Å². The number of hydrogen-bond acceptors (Lipinski definition) is 4. The van der Waals surface area contributed by atoms with Crippen LogP contribution >= 0.6 is 24.8 Å². The molecule has 4 nitrogen and oxygen atoms in total. The van der Waals surface area contributed by atoms with E-state index in [2.05, 4.69) is 58.8 Å². The Morgan fingerprint density at radius 2 is 1.78 bits per heavy atom. The molecule has 1 aliphatic rings. The summed E-state index contributed by atoms with van der Waals surface area (Å²) in [4.78, 5) is 4.44. The highest BCUT2D eigenvalue weighted by atomic mass is 35.5. The predicted molar refractivity (Wildman–Crippen MR) is 117 cm³/mol. The minimum atomic E-state index is -0.164. The van der Waals surface area contributed by atoms with E-state index in [1.54, 1.807) is 0 Å². The Balaban J connectivity index is 0.00000131. The second kappa shape index (κ2) is 9.09. The number of amidine groups is 1. The maximum absolute atomic E-state index is 5.88. The predicted octanol–water partition coefficient (Wildman–Crippen LogP) is 4.74.